The predicted molar refractivity (Wildman–Crippen MR) is 99.7 cm³/mol. The molecule has 1 saturated heterocycles. The quantitative estimate of drug-likeness (QED) is 0.402. The number of nitrogens with zero attached hydrogens (tertiary/aromatic N) is 1. The Hall–Kier alpha value is -0.650. The van der Waals surface area contributed by atoms with Gasteiger partial charge in [0.05, 0.1) is 12.7 Å². The van der Waals surface area contributed by atoms with Crippen LogP contribution in [-0.2, 0) is 9.53 Å². The van der Waals surface area contributed by atoms with Crippen LogP contribution in [-0.4, -0.2) is 60.0 Å². The molecule has 1 rings (SSSR count). The average molecular weight is 342 g/mol. The summed E-state index contributed by atoms with van der Waals surface area (Å²) in [6.45, 7) is 9.04. The summed E-state index contributed by atoms with van der Waals surface area (Å²) < 4.78 is 5.97. The summed E-state index contributed by atoms with van der Waals surface area (Å²) in [5, 5.41) is 0. The van der Waals surface area contributed by atoms with Crippen molar-refractivity contribution in [3.8, 4) is 0 Å². The lowest BCUT2D eigenvalue weighted by molar-refractivity contribution is -0.113. The Morgan fingerprint density at radius 1 is 1.36 bits per heavy atom. The predicted octanol–water partition coefficient (Wildman–Crippen LogP) is 3.39. The molecule has 1 fully saturated rings. The number of likely N-dealkylation sites (N-methyl/N-ethyl adjacent to an activating group) is 1. The van der Waals surface area contributed by atoms with E-state index < -0.39 is 0 Å². The Balaban J connectivity index is 2.22. The summed E-state index contributed by atoms with van der Waals surface area (Å²) >= 11 is 3.84. The second-order valence-corrected chi connectivity index (χ2v) is 7.56. The minimum Gasteiger partial charge on any atom is -0.378 e. The van der Waals surface area contributed by atoms with Crippen molar-refractivity contribution in [3.05, 3.63) is 36.1 Å². The molecule has 0 aromatic carbocycles. The molecule has 0 spiro atoms. The van der Waals surface area contributed by atoms with Crippen molar-refractivity contribution in [2.45, 2.75) is 20.0 Å². The minimum atomic E-state index is 0.109. The van der Waals surface area contributed by atoms with Crippen molar-refractivity contribution < 1.29 is 9.53 Å². The Kier molecular flexibility index (Phi) is 9.68. The molecule has 0 saturated carbocycles. The van der Waals surface area contributed by atoms with E-state index in [1.807, 2.05) is 55.8 Å². The van der Waals surface area contributed by atoms with Gasteiger partial charge in [-0.05, 0) is 31.7 Å². The second kappa shape index (κ2) is 11.0. The van der Waals surface area contributed by atoms with Gasteiger partial charge in [0.25, 0.3) is 0 Å². The minimum absolute atomic E-state index is 0.109. The number of ketones is 1. The Labute approximate surface area is 143 Å². The maximum atomic E-state index is 11.1. The molecule has 22 heavy (non-hydrogen) atoms. The van der Waals surface area contributed by atoms with E-state index in [0.717, 1.165) is 41.7 Å². The van der Waals surface area contributed by atoms with Gasteiger partial charge in [-0.1, -0.05) is 18.2 Å². The number of thioether (sulfide) groups is 2. The van der Waals surface area contributed by atoms with Gasteiger partial charge in [-0.15, -0.1) is 0 Å². The highest BCUT2D eigenvalue weighted by atomic mass is 32.2. The first-order valence-electron chi connectivity index (χ1n) is 7.49. The third-order valence-electron chi connectivity index (χ3n) is 3.26. The van der Waals surface area contributed by atoms with Crippen LogP contribution in [0.5, 0.6) is 0 Å². The molecule has 0 atom stereocenters. The molecule has 1 heterocycles. The average Bonchev–Trinajstić information content (AvgIpc) is 2.44. The van der Waals surface area contributed by atoms with Gasteiger partial charge in [0.15, 0.2) is 5.78 Å². The van der Waals surface area contributed by atoms with E-state index in [-0.39, 0.29) is 5.78 Å². The molecule has 5 heteroatoms. The number of rotatable bonds is 7. The smallest absolute Gasteiger partial charge is 0.155 e. The molecular formula is C17H27NO2S2. The summed E-state index contributed by atoms with van der Waals surface area (Å²) in [5.41, 5.74) is 2.10. The number of hydrogen-bond acceptors (Lipinski definition) is 5. The van der Waals surface area contributed by atoms with E-state index in [0.29, 0.717) is 6.10 Å². The van der Waals surface area contributed by atoms with Crippen molar-refractivity contribution in [3.63, 3.8) is 0 Å². The van der Waals surface area contributed by atoms with Crippen LogP contribution < -0.4 is 0 Å². The molecule has 0 radical (unpaired) electrons. The molecule has 1 aliphatic heterocycles. The molecule has 3 nitrogen and oxygen atoms in total. The third-order valence-corrected chi connectivity index (χ3v) is 5.70. The Morgan fingerprint density at radius 3 is 2.59 bits per heavy atom. The monoisotopic (exact) mass is 341 g/mol. The number of Topliss-reactive ketones (excluding diaryl/α,β-unsaturated/α-hetero) is 1. The molecule has 124 valence electrons. The zero-order valence-corrected chi connectivity index (χ0v) is 15.5. The van der Waals surface area contributed by atoms with Crippen LogP contribution in [0.2, 0.25) is 0 Å². The number of carbonyl (C=O) groups excluding carboxylic acids is 1. The standard InChI is InChI=1S/C17H27NO2S2/c1-14-10-21-12-17(13-22-11-14)20-9-8-18(4)7-5-6-15(2)16(3)19/h5-7,17H,1,8-13H2,2-4H3/b7-5+,15-6+. The number of allylic oxidation sites excluding steroid dienone is 3. The van der Waals surface area contributed by atoms with Gasteiger partial charge in [-0.2, -0.15) is 23.5 Å². The van der Waals surface area contributed by atoms with Crippen LogP contribution in [0.3, 0.4) is 0 Å². The highest BCUT2D eigenvalue weighted by molar-refractivity contribution is 8.01. The van der Waals surface area contributed by atoms with Gasteiger partial charge in [-0.3, -0.25) is 4.79 Å². The van der Waals surface area contributed by atoms with Crippen molar-refractivity contribution in [2.75, 3.05) is 43.2 Å². The maximum Gasteiger partial charge on any atom is 0.155 e. The molecule has 1 aliphatic rings. The first-order chi connectivity index (χ1) is 10.5. The van der Waals surface area contributed by atoms with Gasteiger partial charge in [-0.25, -0.2) is 0 Å². The summed E-state index contributed by atoms with van der Waals surface area (Å²) in [4.78, 5) is 13.2. The van der Waals surface area contributed by atoms with Crippen LogP contribution in [0, 0.1) is 0 Å². The lowest BCUT2D eigenvalue weighted by Gasteiger charge is -2.22. The van der Waals surface area contributed by atoms with E-state index in [2.05, 4.69) is 11.5 Å². The van der Waals surface area contributed by atoms with Crippen LogP contribution in [0.4, 0.5) is 0 Å². The zero-order valence-electron chi connectivity index (χ0n) is 13.8. The fourth-order valence-electron chi connectivity index (χ4n) is 1.74. The summed E-state index contributed by atoms with van der Waals surface area (Å²) in [6, 6.07) is 0. The second-order valence-electron chi connectivity index (χ2n) is 5.50. The first-order valence-corrected chi connectivity index (χ1v) is 9.80. The molecule has 0 aromatic heterocycles. The van der Waals surface area contributed by atoms with Gasteiger partial charge in [0.1, 0.15) is 0 Å². The maximum absolute atomic E-state index is 11.1. The molecule has 0 aromatic rings. The van der Waals surface area contributed by atoms with Crippen LogP contribution in [0.15, 0.2) is 36.1 Å². The summed E-state index contributed by atoms with van der Waals surface area (Å²) in [5.74, 6) is 4.31. The van der Waals surface area contributed by atoms with Gasteiger partial charge in [0, 0.05) is 36.6 Å². The molecular weight excluding hydrogens is 314 g/mol. The van der Waals surface area contributed by atoms with E-state index in [4.69, 9.17) is 4.74 Å². The first kappa shape index (κ1) is 19.4. The molecule has 0 aliphatic carbocycles. The topological polar surface area (TPSA) is 29.5 Å². The molecule has 0 amide bonds. The lowest BCUT2D eigenvalue weighted by atomic mass is 10.2. The van der Waals surface area contributed by atoms with Crippen LogP contribution in [0.1, 0.15) is 13.8 Å². The van der Waals surface area contributed by atoms with Gasteiger partial charge < -0.3 is 9.64 Å². The van der Waals surface area contributed by atoms with E-state index in [1.165, 1.54) is 5.57 Å². The molecule has 0 bridgehead atoms. The highest BCUT2D eigenvalue weighted by Crippen LogP contribution is 2.20. The Morgan fingerprint density at radius 2 is 2.00 bits per heavy atom. The van der Waals surface area contributed by atoms with Crippen LogP contribution >= 0.6 is 23.5 Å². The zero-order chi connectivity index (χ0) is 16.4. The third kappa shape index (κ3) is 8.71. The highest BCUT2D eigenvalue weighted by Gasteiger charge is 2.13. The van der Waals surface area contributed by atoms with Crippen molar-refractivity contribution in [1.82, 2.24) is 4.90 Å². The number of carbonyl (C=O) groups is 1. The van der Waals surface area contributed by atoms with Crippen LogP contribution in [0.25, 0.3) is 0 Å². The van der Waals surface area contributed by atoms with E-state index >= 15 is 0 Å². The lowest BCUT2D eigenvalue weighted by Crippen LogP contribution is -2.26. The van der Waals surface area contributed by atoms with Crippen molar-refractivity contribution in [1.29, 1.82) is 0 Å². The molecule has 0 unspecified atom stereocenters. The number of hydrogen-bond donors (Lipinski definition) is 0. The van der Waals surface area contributed by atoms with Crippen molar-refractivity contribution >= 4 is 29.3 Å². The van der Waals surface area contributed by atoms with Crippen molar-refractivity contribution in [2.24, 2.45) is 0 Å². The molecule has 0 N–H and O–H groups in total. The Bertz CT molecular complexity index is 420. The van der Waals surface area contributed by atoms with E-state index in [9.17, 15) is 4.79 Å². The van der Waals surface area contributed by atoms with Gasteiger partial charge in [0.2, 0.25) is 0 Å². The normalized spacial score (nSPS) is 18.3. The fraction of sp³-hybridized carbons (Fsp3) is 0.588. The van der Waals surface area contributed by atoms with Gasteiger partial charge >= 0.3 is 0 Å². The SMILES string of the molecule is C=C1CSCC(OCCN(C)/C=C/C=C(\C)C(C)=O)CSC1. The van der Waals surface area contributed by atoms with E-state index in [1.54, 1.807) is 6.92 Å². The summed E-state index contributed by atoms with van der Waals surface area (Å²) in [7, 11) is 2.02. The fourth-order valence-corrected chi connectivity index (χ4v) is 3.99. The summed E-state index contributed by atoms with van der Waals surface area (Å²) in [6.07, 6.45) is 6.06. The number of ether oxygens (including phenoxy) is 1. The largest absolute Gasteiger partial charge is 0.378 e.